The molecule has 1 atom stereocenters. The molecule has 1 aliphatic heterocycles. The molecule has 0 spiro atoms. The Morgan fingerprint density at radius 2 is 1.95 bits per heavy atom. The number of rotatable bonds is 6. The van der Waals surface area contributed by atoms with Gasteiger partial charge < -0.3 is 9.47 Å². The molecule has 5 heteroatoms. The van der Waals surface area contributed by atoms with E-state index in [2.05, 4.69) is 49.7 Å². The van der Waals surface area contributed by atoms with Crippen molar-refractivity contribution in [2.24, 2.45) is 0 Å². The second kappa shape index (κ2) is 7.51. The Balaban J connectivity index is 2.04. The fourth-order valence-corrected chi connectivity index (χ4v) is 3.27. The van der Waals surface area contributed by atoms with Gasteiger partial charge in [0, 0.05) is 31.5 Å². The molecule has 1 aromatic rings. The molecule has 1 aromatic heterocycles. The van der Waals surface area contributed by atoms with E-state index in [0.29, 0.717) is 12.0 Å². The maximum absolute atomic E-state index is 4.43. The fourth-order valence-electron chi connectivity index (χ4n) is 3.09. The average Bonchev–Trinajstić information content (AvgIpc) is 2.89. The van der Waals surface area contributed by atoms with Crippen LogP contribution in [0.4, 0.5) is 0 Å². The minimum absolute atomic E-state index is 0.456. The molecule has 0 radical (unpaired) electrons. The van der Waals surface area contributed by atoms with Crippen molar-refractivity contribution < 1.29 is 0 Å². The Morgan fingerprint density at radius 3 is 2.50 bits per heavy atom. The van der Waals surface area contributed by atoms with Crippen molar-refractivity contribution in [2.45, 2.75) is 58.4 Å². The molecule has 0 amide bonds. The molecule has 4 nitrogen and oxygen atoms in total. The number of hydrogen-bond donors (Lipinski definition) is 0. The third-order valence-electron chi connectivity index (χ3n) is 4.23. The van der Waals surface area contributed by atoms with Crippen LogP contribution in [0.15, 0.2) is 0 Å². The van der Waals surface area contributed by atoms with Gasteiger partial charge in [0.15, 0.2) is 0 Å². The van der Waals surface area contributed by atoms with E-state index in [1.54, 1.807) is 0 Å². The van der Waals surface area contributed by atoms with Crippen molar-refractivity contribution in [3.8, 4) is 0 Å². The first kappa shape index (κ1) is 15.9. The molecule has 20 heavy (non-hydrogen) atoms. The van der Waals surface area contributed by atoms with Gasteiger partial charge in [0.1, 0.15) is 11.6 Å². The Kier molecular flexibility index (Phi) is 5.98. The highest BCUT2D eigenvalue weighted by Crippen LogP contribution is 2.28. The van der Waals surface area contributed by atoms with Gasteiger partial charge in [-0.05, 0) is 32.0 Å². The van der Waals surface area contributed by atoms with Crippen LogP contribution in [-0.4, -0.2) is 45.5 Å². The second-order valence-electron chi connectivity index (χ2n) is 6.07. The first-order chi connectivity index (χ1) is 9.67. The summed E-state index contributed by atoms with van der Waals surface area (Å²) in [5.41, 5.74) is 0. The van der Waals surface area contributed by atoms with E-state index in [0.717, 1.165) is 12.2 Å². The van der Waals surface area contributed by atoms with Crippen molar-refractivity contribution in [2.75, 3.05) is 25.8 Å². The Bertz CT molecular complexity index is 408. The topological polar surface area (TPSA) is 34.0 Å². The molecule has 1 aliphatic rings. The maximum atomic E-state index is 4.43. The van der Waals surface area contributed by atoms with Gasteiger partial charge in [-0.3, -0.25) is 0 Å². The molecule has 2 heterocycles. The van der Waals surface area contributed by atoms with Crippen molar-refractivity contribution in [3.63, 3.8) is 0 Å². The molecule has 0 bridgehead atoms. The lowest BCUT2D eigenvalue weighted by molar-refractivity contribution is 0.183. The van der Waals surface area contributed by atoms with Crippen LogP contribution in [0.25, 0.3) is 0 Å². The van der Waals surface area contributed by atoms with Crippen molar-refractivity contribution in [1.29, 1.82) is 0 Å². The molecule has 1 saturated heterocycles. The summed E-state index contributed by atoms with van der Waals surface area (Å²) in [5, 5.41) is 8.82. The predicted molar refractivity (Wildman–Crippen MR) is 87.4 cm³/mol. The molecule has 114 valence electrons. The minimum Gasteiger partial charge on any atom is -0.312 e. The van der Waals surface area contributed by atoms with Gasteiger partial charge in [-0.2, -0.15) is 0 Å². The van der Waals surface area contributed by atoms with Gasteiger partial charge in [-0.25, -0.2) is 0 Å². The molecule has 0 aliphatic carbocycles. The molecular formula is C15H29N4P. The van der Waals surface area contributed by atoms with Gasteiger partial charge in [-0.15, -0.1) is 19.4 Å². The molecule has 0 aromatic carbocycles. The van der Waals surface area contributed by atoms with Crippen LogP contribution in [0.1, 0.15) is 63.6 Å². The van der Waals surface area contributed by atoms with Gasteiger partial charge in [0.05, 0.1) is 0 Å². The number of piperidine rings is 1. The Labute approximate surface area is 125 Å². The zero-order valence-electron chi connectivity index (χ0n) is 13.2. The monoisotopic (exact) mass is 296 g/mol. The molecule has 1 unspecified atom stereocenters. The highest BCUT2D eigenvalue weighted by Gasteiger charge is 2.25. The van der Waals surface area contributed by atoms with E-state index in [1.807, 2.05) is 0 Å². The fraction of sp³-hybridized carbons (Fsp3) is 0.867. The van der Waals surface area contributed by atoms with Gasteiger partial charge in [0.2, 0.25) is 0 Å². The van der Waals surface area contributed by atoms with Gasteiger partial charge in [-0.1, -0.05) is 20.8 Å². The summed E-state index contributed by atoms with van der Waals surface area (Å²) in [6, 6.07) is 0.601. The summed E-state index contributed by atoms with van der Waals surface area (Å²) in [7, 11) is 2.82. The van der Waals surface area contributed by atoms with E-state index in [-0.39, 0.29) is 0 Å². The Hall–Kier alpha value is -0.470. The van der Waals surface area contributed by atoms with Crippen LogP contribution in [0.3, 0.4) is 0 Å². The smallest absolute Gasteiger partial charge is 0.135 e. The highest BCUT2D eigenvalue weighted by molar-refractivity contribution is 7.16. The van der Waals surface area contributed by atoms with Crippen LogP contribution in [-0.2, 0) is 6.42 Å². The number of likely N-dealkylation sites (tertiary alicyclic amines) is 1. The summed E-state index contributed by atoms with van der Waals surface area (Å²) < 4.78 is 2.44. The van der Waals surface area contributed by atoms with Crippen LogP contribution >= 0.6 is 9.24 Å². The zero-order valence-corrected chi connectivity index (χ0v) is 14.3. The van der Waals surface area contributed by atoms with Gasteiger partial charge in [0.25, 0.3) is 0 Å². The van der Waals surface area contributed by atoms with E-state index < -0.39 is 0 Å². The van der Waals surface area contributed by atoms with Crippen LogP contribution in [0.5, 0.6) is 0 Å². The van der Waals surface area contributed by atoms with Crippen LogP contribution in [0.2, 0.25) is 0 Å². The lowest BCUT2D eigenvalue weighted by Gasteiger charge is -2.34. The number of aryl methyl sites for hydroxylation is 1. The Morgan fingerprint density at radius 1 is 1.25 bits per heavy atom. The number of nitrogens with zero attached hydrogens (tertiary/aromatic N) is 4. The predicted octanol–water partition coefficient (Wildman–Crippen LogP) is 2.87. The van der Waals surface area contributed by atoms with Gasteiger partial charge >= 0.3 is 0 Å². The largest absolute Gasteiger partial charge is 0.312 e. The molecular weight excluding hydrogens is 267 g/mol. The lowest BCUT2D eigenvalue weighted by Crippen LogP contribution is -2.36. The number of aromatic nitrogens is 3. The second-order valence-corrected chi connectivity index (χ2v) is 6.65. The summed E-state index contributed by atoms with van der Waals surface area (Å²) in [4.78, 5) is 2.60. The standard InChI is InChI=1S/C15H29N4P/c1-4-14-16-17-15(12(2)3)19(14)13-6-9-18(10-7-13)8-5-11-20/h12-13H,4-11,20H2,1-3H3. The van der Waals surface area contributed by atoms with E-state index in [4.69, 9.17) is 0 Å². The third kappa shape index (κ3) is 3.59. The van der Waals surface area contributed by atoms with E-state index >= 15 is 0 Å². The van der Waals surface area contributed by atoms with Crippen molar-refractivity contribution in [3.05, 3.63) is 11.6 Å². The SMILES string of the molecule is CCc1nnc(C(C)C)n1C1CCN(CCCP)CC1. The third-order valence-corrected chi connectivity index (χ3v) is 4.63. The van der Waals surface area contributed by atoms with Crippen LogP contribution < -0.4 is 0 Å². The number of hydrogen-bond acceptors (Lipinski definition) is 3. The summed E-state index contributed by atoms with van der Waals surface area (Å²) in [6.07, 6.45) is 5.96. The average molecular weight is 296 g/mol. The quantitative estimate of drug-likeness (QED) is 0.757. The zero-order chi connectivity index (χ0) is 14.5. The van der Waals surface area contributed by atoms with Crippen LogP contribution in [0, 0.1) is 0 Å². The van der Waals surface area contributed by atoms with E-state index in [1.165, 1.54) is 50.9 Å². The molecule has 0 N–H and O–H groups in total. The first-order valence-corrected chi connectivity index (χ1v) is 8.85. The lowest BCUT2D eigenvalue weighted by atomic mass is 10.0. The normalized spacial score (nSPS) is 18.1. The summed E-state index contributed by atoms with van der Waals surface area (Å²) in [5.74, 6) is 2.79. The summed E-state index contributed by atoms with van der Waals surface area (Å²) >= 11 is 0. The summed E-state index contributed by atoms with van der Waals surface area (Å²) in [6.45, 7) is 10.3. The maximum Gasteiger partial charge on any atom is 0.135 e. The first-order valence-electron chi connectivity index (χ1n) is 8.03. The van der Waals surface area contributed by atoms with E-state index in [9.17, 15) is 0 Å². The molecule has 2 rings (SSSR count). The van der Waals surface area contributed by atoms with Crippen molar-refractivity contribution in [1.82, 2.24) is 19.7 Å². The molecule has 0 saturated carbocycles. The minimum atomic E-state index is 0.456. The highest BCUT2D eigenvalue weighted by atomic mass is 31.0. The molecule has 1 fully saturated rings. The van der Waals surface area contributed by atoms with Crippen molar-refractivity contribution >= 4 is 9.24 Å².